The number of amides is 2. The Hall–Kier alpha value is -4.18. The number of nitrogens with one attached hydrogen (secondary N) is 2. The average Bonchev–Trinajstić information content (AvgIpc) is 3.19. The van der Waals surface area contributed by atoms with Crippen LogP contribution in [0.3, 0.4) is 0 Å². The topological polar surface area (TPSA) is 58.2 Å². The minimum Gasteiger partial charge on any atom is -0.356 e. The van der Waals surface area contributed by atoms with Crippen molar-refractivity contribution in [3.05, 3.63) is 146 Å². The lowest BCUT2D eigenvalue weighted by molar-refractivity contribution is -0.122. The monoisotopic (exact) mass is 765 g/mol. The fraction of sp³-hybridized carbons (Fsp3) is 0.500. The number of carbonyl (C=O) groups is 2. The first-order valence-electron chi connectivity index (χ1n) is 21.9. The second-order valence-corrected chi connectivity index (χ2v) is 14.2. The molecule has 2 N–H and O–H groups in total. The van der Waals surface area contributed by atoms with Gasteiger partial charge in [0.1, 0.15) is 0 Å². The second kappa shape index (κ2) is 43.5. The van der Waals surface area contributed by atoms with Gasteiger partial charge in [0.25, 0.3) is 0 Å². The molecule has 0 radical (unpaired) electrons. The van der Waals surface area contributed by atoms with Gasteiger partial charge in [-0.15, -0.1) is 0 Å². The molecule has 0 fully saturated rings. The quantitative estimate of drug-likeness (QED) is 0.0499. The minimum absolute atomic E-state index is 0.104. The van der Waals surface area contributed by atoms with Crippen molar-refractivity contribution in [3.63, 3.8) is 0 Å². The van der Waals surface area contributed by atoms with Crippen LogP contribution >= 0.6 is 0 Å². The summed E-state index contributed by atoms with van der Waals surface area (Å²) in [5, 5.41) is 6.29. The molecule has 4 heteroatoms. The maximum atomic E-state index is 12.6. The highest BCUT2D eigenvalue weighted by atomic mass is 16.2. The molecular weight excluding hydrogens is 685 g/mol. The summed E-state index contributed by atoms with van der Waals surface area (Å²) in [5.41, 5.74) is 0. The Morgan fingerprint density at radius 3 is 1.04 bits per heavy atom. The van der Waals surface area contributed by atoms with Crippen molar-refractivity contribution in [3.8, 4) is 0 Å². The molecule has 2 amide bonds. The molecule has 1 atom stereocenters. The largest absolute Gasteiger partial charge is 0.356 e. The summed E-state index contributed by atoms with van der Waals surface area (Å²) in [6, 6.07) is 0.163. The van der Waals surface area contributed by atoms with Crippen LogP contribution in [0.5, 0.6) is 0 Å². The summed E-state index contributed by atoms with van der Waals surface area (Å²) >= 11 is 0. The Morgan fingerprint density at radius 2 is 0.714 bits per heavy atom. The smallest absolute Gasteiger partial charge is 0.220 e. The van der Waals surface area contributed by atoms with Crippen LogP contribution in [0.4, 0.5) is 0 Å². The first-order chi connectivity index (χ1) is 27.5. The number of unbranched alkanes of at least 4 members (excludes halogenated alkanes) is 1. The van der Waals surface area contributed by atoms with E-state index in [0.29, 0.717) is 25.3 Å². The van der Waals surface area contributed by atoms with Gasteiger partial charge in [-0.1, -0.05) is 174 Å². The van der Waals surface area contributed by atoms with Crippen LogP contribution in [0.25, 0.3) is 0 Å². The SMILES string of the molecule is CC/C=C\C/C=C\C/C=C\C/C=C\C/C=C\C/C=C\CCC(=O)NCCCC[C@H](NC(=O)CC/C=C\C/C=C\C/C=C\C/C=C\C/C=C\C/C=C\CC)C(C)C. The summed E-state index contributed by atoms with van der Waals surface area (Å²) in [7, 11) is 0. The number of allylic oxidation sites excluding steroid dienone is 24. The fourth-order valence-corrected chi connectivity index (χ4v) is 5.36. The molecule has 0 saturated heterocycles. The van der Waals surface area contributed by atoms with Crippen molar-refractivity contribution in [2.75, 3.05) is 6.54 Å². The van der Waals surface area contributed by atoms with E-state index in [1.165, 1.54) is 0 Å². The van der Waals surface area contributed by atoms with Crippen molar-refractivity contribution in [1.29, 1.82) is 0 Å². The van der Waals surface area contributed by atoms with Crippen molar-refractivity contribution in [2.24, 2.45) is 5.92 Å². The van der Waals surface area contributed by atoms with Gasteiger partial charge >= 0.3 is 0 Å². The van der Waals surface area contributed by atoms with Crippen molar-refractivity contribution >= 4 is 11.8 Å². The highest BCUT2D eigenvalue weighted by molar-refractivity contribution is 5.76. The van der Waals surface area contributed by atoms with Gasteiger partial charge in [0.15, 0.2) is 0 Å². The Bertz CT molecular complexity index is 1300. The van der Waals surface area contributed by atoms with E-state index in [-0.39, 0.29) is 17.9 Å². The van der Waals surface area contributed by atoms with Gasteiger partial charge in [-0.25, -0.2) is 0 Å². The van der Waals surface area contributed by atoms with E-state index >= 15 is 0 Å². The number of hydrogen-bond donors (Lipinski definition) is 2. The van der Waals surface area contributed by atoms with Gasteiger partial charge < -0.3 is 10.6 Å². The molecule has 0 heterocycles. The van der Waals surface area contributed by atoms with Gasteiger partial charge in [0.05, 0.1) is 0 Å². The summed E-state index contributed by atoms with van der Waals surface area (Å²) in [6.45, 7) is 9.32. The highest BCUT2D eigenvalue weighted by Crippen LogP contribution is 2.11. The van der Waals surface area contributed by atoms with E-state index in [9.17, 15) is 9.59 Å². The average molecular weight is 765 g/mol. The van der Waals surface area contributed by atoms with Gasteiger partial charge in [-0.2, -0.15) is 0 Å². The van der Waals surface area contributed by atoms with E-state index in [1.54, 1.807) is 0 Å². The summed E-state index contributed by atoms with van der Waals surface area (Å²) in [6.07, 6.45) is 69.8. The van der Waals surface area contributed by atoms with Crippen LogP contribution in [0.1, 0.15) is 150 Å². The van der Waals surface area contributed by atoms with Crippen LogP contribution in [0.2, 0.25) is 0 Å². The van der Waals surface area contributed by atoms with E-state index in [0.717, 1.165) is 109 Å². The van der Waals surface area contributed by atoms with Gasteiger partial charge in [0.2, 0.25) is 11.8 Å². The van der Waals surface area contributed by atoms with Crippen molar-refractivity contribution < 1.29 is 9.59 Å². The molecule has 0 spiro atoms. The third-order valence-electron chi connectivity index (χ3n) is 8.68. The van der Waals surface area contributed by atoms with Crippen LogP contribution in [-0.2, 0) is 9.59 Å². The molecule has 56 heavy (non-hydrogen) atoms. The maximum absolute atomic E-state index is 12.6. The zero-order chi connectivity index (χ0) is 40.8. The van der Waals surface area contributed by atoms with Crippen LogP contribution in [0.15, 0.2) is 146 Å². The first-order valence-corrected chi connectivity index (χ1v) is 21.9. The molecule has 0 aromatic rings. The van der Waals surface area contributed by atoms with Gasteiger partial charge in [0, 0.05) is 25.4 Å². The second-order valence-electron chi connectivity index (χ2n) is 14.2. The third-order valence-corrected chi connectivity index (χ3v) is 8.68. The lowest BCUT2D eigenvalue weighted by atomic mass is 9.98. The van der Waals surface area contributed by atoms with E-state index in [4.69, 9.17) is 0 Å². The molecule has 0 aromatic carbocycles. The zero-order valence-electron chi connectivity index (χ0n) is 36.0. The molecule has 0 bridgehead atoms. The van der Waals surface area contributed by atoms with Crippen LogP contribution < -0.4 is 10.6 Å². The summed E-state index contributed by atoms with van der Waals surface area (Å²) in [5.74, 6) is 0.597. The van der Waals surface area contributed by atoms with Gasteiger partial charge in [-0.05, 0) is 115 Å². The summed E-state index contributed by atoms with van der Waals surface area (Å²) < 4.78 is 0. The Balaban J connectivity index is 3.90. The van der Waals surface area contributed by atoms with Crippen molar-refractivity contribution in [2.45, 2.75) is 156 Å². The Morgan fingerprint density at radius 1 is 0.411 bits per heavy atom. The molecule has 0 aliphatic carbocycles. The van der Waals surface area contributed by atoms with E-state index < -0.39 is 0 Å². The first kappa shape index (κ1) is 51.8. The van der Waals surface area contributed by atoms with E-state index in [1.807, 2.05) is 0 Å². The number of rotatable bonds is 35. The molecule has 0 unspecified atom stereocenters. The standard InChI is InChI=1S/C52H80N2O2/c1-5-7-9-11-13-15-17-19-21-23-25-27-29-31-33-35-37-39-41-46-51(55)53-48-44-43-45-50(49(3)4)54-52(56)47-42-40-38-36-34-32-30-28-26-24-22-20-18-16-14-12-10-8-6-2/h7-10,13-16,19-22,25-28,31-34,37-40,49-50H,5-6,11-12,17-18,23-24,29-30,35-36,41-48H2,1-4H3,(H,53,55)(H,54,56)/b9-7-,10-8-,15-13-,16-14-,21-19-,22-20-,27-25-,28-26-,33-31-,34-32-,39-37-,40-38-/t50-/m0/s1. The Labute approximate surface area is 344 Å². The molecule has 310 valence electrons. The maximum Gasteiger partial charge on any atom is 0.220 e. The molecule has 0 aromatic heterocycles. The number of hydrogen-bond acceptors (Lipinski definition) is 2. The van der Waals surface area contributed by atoms with Crippen LogP contribution in [-0.4, -0.2) is 24.4 Å². The molecular formula is C52H80N2O2. The van der Waals surface area contributed by atoms with Crippen molar-refractivity contribution in [1.82, 2.24) is 10.6 Å². The predicted octanol–water partition coefficient (Wildman–Crippen LogP) is 14.4. The summed E-state index contributed by atoms with van der Waals surface area (Å²) in [4.78, 5) is 24.8. The highest BCUT2D eigenvalue weighted by Gasteiger charge is 2.15. The number of carbonyl (C=O) groups excluding carboxylic acids is 2. The molecule has 0 aliphatic heterocycles. The minimum atomic E-state index is 0.104. The molecule has 0 rings (SSSR count). The van der Waals surface area contributed by atoms with E-state index in [2.05, 4.69) is 184 Å². The third kappa shape index (κ3) is 41.0. The Kier molecular flexibility index (Phi) is 40.3. The molecule has 0 saturated carbocycles. The zero-order valence-corrected chi connectivity index (χ0v) is 36.0. The molecule has 4 nitrogen and oxygen atoms in total. The fourth-order valence-electron chi connectivity index (χ4n) is 5.36. The van der Waals surface area contributed by atoms with Gasteiger partial charge in [-0.3, -0.25) is 9.59 Å². The lowest BCUT2D eigenvalue weighted by Crippen LogP contribution is -2.38. The molecule has 0 aliphatic rings. The predicted molar refractivity (Wildman–Crippen MR) is 249 cm³/mol. The lowest BCUT2D eigenvalue weighted by Gasteiger charge is -2.22. The van der Waals surface area contributed by atoms with Crippen LogP contribution in [0, 0.1) is 5.92 Å². The normalized spacial score (nSPS) is 13.8.